The molecule has 0 spiro atoms. The fourth-order valence-corrected chi connectivity index (χ4v) is 4.90. The van der Waals surface area contributed by atoms with Crippen molar-refractivity contribution in [1.82, 2.24) is 4.90 Å². The van der Waals surface area contributed by atoms with Crippen LogP contribution in [0.1, 0.15) is 47.4 Å². The monoisotopic (exact) mass is 409 g/mol. The van der Waals surface area contributed by atoms with Crippen LogP contribution in [0.2, 0.25) is 0 Å². The predicted octanol–water partition coefficient (Wildman–Crippen LogP) is 4.48. The quantitative estimate of drug-likeness (QED) is 0.540. The molecule has 0 unspecified atom stereocenters. The van der Waals surface area contributed by atoms with E-state index >= 15 is 0 Å². The Hall–Kier alpha value is -2.37. The lowest BCUT2D eigenvalue weighted by atomic mass is 9.86. The summed E-state index contributed by atoms with van der Waals surface area (Å²) in [4.78, 5) is 13.0. The van der Waals surface area contributed by atoms with Crippen LogP contribution in [0.5, 0.6) is 0 Å². The van der Waals surface area contributed by atoms with Gasteiger partial charge in [0.05, 0.1) is 6.61 Å². The highest BCUT2D eigenvalue weighted by atomic mass is 16.7. The molecule has 4 rings (SSSR count). The van der Waals surface area contributed by atoms with Crippen molar-refractivity contribution < 1.29 is 19.4 Å². The molecule has 1 aliphatic carbocycles. The maximum atomic E-state index is 10.8. The Balaban J connectivity index is 1.30. The lowest BCUT2D eigenvalue weighted by Gasteiger charge is -2.31. The van der Waals surface area contributed by atoms with E-state index in [0.29, 0.717) is 19.1 Å². The van der Waals surface area contributed by atoms with Gasteiger partial charge in [-0.25, -0.2) is 4.79 Å². The maximum absolute atomic E-state index is 10.8. The molecular weight excluding hydrogens is 378 g/mol. The van der Waals surface area contributed by atoms with Gasteiger partial charge in [0.1, 0.15) is 6.10 Å². The van der Waals surface area contributed by atoms with E-state index in [9.17, 15) is 4.79 Å². The second kappa shape index (κ2) is 10.1. The minimum atomic E-state index is -1.18. The number of carboxylic acid groups (broad SMARTS) is 1. The van der Waals surface area contributed by atoms with Gasteiger partial charge in [0.25, 0.3) is 0 Å². The van der Waals surface area contributed by atoms with Gasteiger partial charge in [-0.2, -0.15) is 0 Å². The van der Waals surface area contributed by atoms with Crippen LogP contribution in [0.3, 0.4) is 0 Å². The number of fused-ring (bicyclic) bond motifs is 2. The minimum absolute atomic E-state index is 0.213. The van der Waals surface area contributed by atoms with Crippen LogP contribution >= 0.6 is 0 Å². The van der Waals surface area contributed by atoms with Gasteiger partial charge < -0.3 is 14.6 Å². The van der Waals surface area contributed by atoms with Crippen molar-refractivity contribution in [2.75, 3.05) is 32.8 Å². The van der Waals surface area contributed by atoms with Gasteiger partial charge in [0.15, 0.2) is 0 Å². The van der Waals surface area contributed by atoms with Crippen molar-refractivity contribution in [3.63, 3.8) is 0 Å². The molecule has 0 saturated carbocycles. The lowest BCUT2D eigenvalue weighted by Crippen LogP contribution is -2.41. The molecule has 0 radical (unpaired) electrons. The molecule has 1 N–H and O–H groups in total. The van der Waals surface area contributed by atoms with Gasteiger partial charge in [-0.15, -0.1) is 0 Å². The highest BCUT2D eigenvalue weighted by molar-refractivity contribution is 5.57. The number of nitrogens with zero attached hydrogens (tertiary/aromatic N) is 1. The Kier molecular flexibility index (Phi) is 7.03. The number of likely N-dealkylation sites (tertiary alicyclic amines) is 1. The molecule has 5 nitrogen and oxygen atoms in total. The van der Waals surface area contributed by atoms with Crippen molar-refractivity contribution in [2.45, 2.75) is 44.1 Å². The van der Waals surface area contributed by atoms with E-state index in [-0.39, 0.29) is 6.10 Å². The van der Waals surface area contributed by atoms with Crippen molar-refractivity contribution in [1.29, 1.82) is 0 Å². The van der Waals surface area contributed by atoms with Gasteiger partial charge in [-0.1, -0.05) is 48.5 Å². The molecule has 2 aliphatic rings. The van der Waals surface area contributed by atoms with E-state index in [2.05, 4.69) is 53.4 Å². The fourth-order valence-electron chi connectivity index (χ4n) is 4.90. The molecule has 1 heterocycles. The number of aryl methyl sites for hydroxylation is 2. The second-order valence-corrected chi connectivity index (χ2v) is 8.30. The Morgan fingerprint density at radius 2 is 1.67 bits per heavy atom. The van der Waals surface area contributed by atoms with Gasteiger partial charge in [-0.05, 0) is 60.9 Å². The molecule has 1 atom stereocenters. The third-order valence-electron chi connectivity index (χ3n) is 6.36. The zero-order valence-corrected chi connectivity index (χ0v) is 17.5. The molecule has 160 valence electrons. The summed E-state index contributed by atoms with van der Waals surface area (Å²) >= 11 is 0. The third kappa shape index (κ3) is 5.21. The summed E-state index contributed by atoms with van der Waals surface area (Å²) in [7, 11) is 0. The molecule has 0 aromatic heterocycles. The van der Waals surface area contributed by atoms with E-state index in [1.807, 2.05) is 0 Å². The number of hydrogen-bond donors (Lipinski definition) is 1. The fraction of sp³-hybridized carbons (Fsp3) is 0.480. The average molecular weight is 410 g/mol. The van der Waals surface area contributed by atoms with Crippen LogP contribution in [0.15, 0.2) is 48.5 Å². The van der Waals surface area contributed by atoms with E-state index in [4.69, 9.17) is 14.6 Å². The summed E-state index contributed by atoms with van der Waals surface area (Å²) in [5.41, 5.74) is 5.79. The Bertz CT molecular complexity index is 805. The van der Waals surface area contributed by atoms with Crippen LogP contribution < -0.4 is 0 Å². The summed E-state index contributed by atoms with van der Waals surface area (Å²) in [5, 5.41) is 8.82. The lowest BCUT2D eigenvalue weighted by molar-refractivity contribution is 0.00559. The molecule has 1 saturated heterocycles. The van der Waals surface area contributed by atoms with Crippen molar-refractivity contribution >= 4 is 6.16 Å². The Morgan fingerprint density at radius 1 is 1.00 bits per heavy atom. The Morgan fingerprint density at radius 3 is 2.33 bits per heavy atom. The van der Waals surface area contributed by atoms with Gasteiger partial charge >= 0.3 is 6.16 Å². The highest BCUT2D eigenvalue weighted by Crippen LogP contribution is 2.36. The first-order valence-corrected chi connectivity index (χ1v) is 11.1. The van der Waals surface area contributed by atoms with E-state index in [1.165, 1.54) is 22.3 Å². The smallest absolute Gasteiger partial charge is 0.450 e. The van der Waals surface area contributed by atoms with Crippen molar-refractivity contribution in [3.8, 4) is 0 Å². The molecular formula is C25H31NO4. The normalized spacial score (nSPS) is 19.5. The predicted molar refractivity (Wildman–Crippen MR) is 116 cm³/mol. The molecule has 30 heavy (non-hydrogen) atoms. The van der Waals surface area contributed by atoms with Gasteiger partial charge in [0, 0.05) is 25.6 Å². The first-order valence-electron chi connectivity index (χ1n) is 11.1. The van der Waals surface area contributed by atoms with Crippen molar-refractivity contribution in [3.05, 3.63) is 70.8 Å². The Labute approximate surface area is 178 Å². The molecule has 2 aromatic carbocycles. The molecule has 0 amide bonds. The number of piperidine rings is 1. The zero-order valence-electron chi connectivity index (χ0n) is 17.5. The first-order chi connectivity index (χ1) is 14.7. The van der Waals surface area contributed by atoms with Crippen molar-refractivity contribution in [2.24, 2.45) is 0 Å². The SMILES string of the molecule is O=C(O)O[C@@H]1CCCN(CCOCCC2c3ccccc3CCc3ccccc32)C1. The number of rotatable bonds is 7. The van der Waals surface area contributed by atoms with Crippen LogP contribution in [0.4, 0.5) is 4.79 Å². The number of benzene rings is 2. The first kappa shape index (κ1) is 20.9. The van der Waals surface area contributed by atoms with Gasteiger partial charge in [-0.3, -0.25) is 4.90 Å². The standard InChI is InChI=1S/C25H31NO4/c27-25(28)30-21-8-5-14-26(18-21)15-17-29-16-13-24-22-9-3-1-6-19(22)11-12-20-7-2-4-10-23(20)24/h1-4,6-7,9-10,21,24H,5,8,11-18H2,(H,27,28)/t21-/m1/s1. The summed E-state index contributed by atoms with van der Waals surface area (Å²) in [6.07, 6.45) is 3.55. The molecule has 1 fully saturated rings. The number of hydrogen-bond acceptors (Lipinski definition) is 4. The second-order valence-electron chi connectivity index (χ2n) is 8.30. The van der Waals surface area contributed by atoms with Crippen LogP contribution in [0.25, 0.3) is 0 Å². The van der Waals surface area contributed by atoms with E-state index in [0.717, 1.165) is 51.8 Å². The highest BCUT2D eigenvalue weighted by Gasteiger charge is 2.24. The zero-order chi connectivity index (χ0) is 20.8. The van der Waals surface area contributed by atoms with E-state index in [1.54, 1.807) is 0 Å². The average Bonchev–Trinajstić information content (AvgIpc) is 2.91. The topological polar surface area (TPSA) is 59.0 Å². The maximum Gasteiger partial charge on any atom is 0.506 e. The molecule has 0 bridgehead atoms. The molecule has 5 heteroatoms. The minimum Gasteiger partial charge on any atom is -0.450 e. The number of ether oxygens (including phenoxy) is 2. The van der Waals surface area contributed by atoms with Crippen LogP contribution in [-0.2, 0) is 22.3 Å². The van der Waals surface area contributed by atoms with Crippen LogP contribution in [0, 0.1) is 0 Å². The molecule has 2 aromatic rings. The summed E-state index contributed by atoms with van der Waals surface area (Å²) in [6.45, 7) is 3.84. The summed E-state index contributed by atoms with van der Waals surface area (Å²) in [5.74, 6) is 0.378. The van der Waals surface area contributed by atoms with Gasteiger partial charge in [0.2, 0.25) is 0 Å². The van der Waals surface area contributed by atoms with E-state index < -0.39 is 6.16 Å². The molecule has 1 aliphatic heterocycles. The van der Waals surface area contributed by atoms with Crippen LogP contribution in [-0.4, -0.2) is 55.1 Å². The largest absolute Gasteiger partial charge is 0.506 e. The number of carbonyl (C=O) groups is 1. The summed E-state index contributed by atoms with van der Waals surface area (Å²) in [6, 6.07) is 17.7. The summed E-state index contributed by atoms with van der Waals surface area (Å²) < 4.78 is 11.0. The third-order valence-corrected chi connectivity index (χ3v) is 6.36.